The zero-order valence-corrected chi connectivity index (χ0v) is 13.5. The molecule has 5 heteroatoms. The summed E-state index contributed by atoms with van der Waals surface area (Å²) < 4.78 is 5.83. The van der Waals surface area contributed by atoms with E-state index in [0.717, 1.165) is 28.4 Å². The average molecular weight is 326 g/mol. The summed E-state index contributed by atoms with van der Waals surface area (Å²) in [7, 11) is 0. The van der Waals surface area contributed by atoms with Gasteiger partial charge in [-0.1, -0.05) is 42.5 Å². The molecule has 1 aliphatic heterocycles. The Hall–Kier alpha value is -2.27. The number of nitrogens with one attached hydrogen (secondary N) is 1. The fourth-order valence-corrected chi connectivity index (χ4v) is 2.71. The second kappa shape index (κ2) is 7.83. The van der Waals surface area contributed by atoms with Crippen LogP contribution < -0.4 is 10.2 Å². The van der Waals surface area contributed by atoms with E-state index in [1.54, 1.807) is 6.21 Å². The van der Waals surface area contributed by atoms with E-state index in [1.807, 2.05) is 66.4 Å². The molecule has 1 amide bonds. The van der Waals surface area contributed by atoms with Crippen LogP contribution in [0.2, 0.25) is 0 Å². The van der Waals surface area contributed by atoms with Crippen molar-refractivity contribution in [2.24, 2.45) is 5.10 Å². The molecule has 0 saturated carbocycles. The minimum atomic E-state index is -0.133. The first-order valence-electron chi connectivity index (χ1n) is 7.50. The van der Waals surface area contributed by atoms with Gasteiger partial charge in [0.25, 0.3) is 0 Å². The van der Waals surface area contributed by atoms with Crippen LogP contribution in [-0.2, 0) is 11.2 Å². The predicted octanol–water partition coefficient (Wildman–Crippen LogP) is 2.87. The Morgan fingerprint density at radius 3 is 2.78 bits per heavy atom. The summed E-state index contributed by atoms with van der Waals surface area (Å²) >= 11 is 1.89. The van der Waals surface area contributed by atoms with Gasteiger partial charge < -0.3 is 4.74 Å². The number of hydrazone groups is 1. The number of hydrogen-bond acceptors (Lipinski definition) is 4. The number of ether oxygens (including phenoxy) is 1. The highest BCUT2D eigenvalue weighted by atomic mass is 32.2. The fraction of sp³-hybridized carbons (Fsp3) is 0.222. The van der Waals surface area contributed by atoms with Gasteiger partial charge in [-0.3, -0.25) is 4.79 Å². The third-order valence-electron chi connectivity index (χ3n) is 3.38. The molecule has 2 aromatic rings. The van der Waals surface area contributed by atoms with Crippen molar-refractivity contribution in [1.29, 1.82) is 0 Å². The second-order valence-electron chi connectivity index (χ2n) is 5.31. The maximum Gasteiger partial charge on any atom is 0.244 e. The Bertz CT molecular complexity index is 684. The van der Waals surface area contributed by atoms with Crippen LogP contribution in [-0.4, -0.2) is 29.7 Å². The molecule has 1 fully saturated rings. The second-order valence-corrected chi connectivity index (χ2v) is 6.38. The number of nitrogens with zero attached hydrogens (tertiary/aromatic N) is 1. The summed E-state index contributed by atoms with van der Waals surface area (Å²) in [5.74, 6) is 2.81. The van der Waals surface area contributed by atoms with Crippen LogP contribution in [0.1, 0.15) is 11.1 Å². The van der Waals surface area contributed by atoms with Gasteiger partial charge in [-0.05, 0) is 23.3 Å². The lowest BCUT2D eigenvalue weighted by Crippen LogP contribution is -2.31. The molecular formula is C18H18N2O2S. The quantitative estimate of drug-likeness (QED) is 0.656. The molecule has 0 aromatic heterocycles. The van der Waals surface area contributed by atoms with Crippen LogP contribution in [0.15, 0.2) is 59.7 Å². The van der Waals surface area contributed by atoms with Crippen molar-refractivity contribution in [1.82, 2.24) is 5.43 Å². The number of carbonyl (C=O) groups is 1. The summed E-state index contributed by atoms with van der Waals surface area (Å²) in [5.41, 5.74) is 4.41. The van der Waals surface area contributed by atoms with Gasteiger partial charge in [0.1, 0.15) is 11.9 Å². The maximum absolute atomic E-state index is 11.8. The molecular weight excluding hydrogens is 308 g/mol. The van der Waals surface area contributed by atoms with Crippen LogP contribution >= 0.6 is 11.8 Å². The first-order valence-corrected chi connectivity index (χ1v) is 8.65. The van der Waals surface area contributed by atoms with Crippen molar-refractivity contribution >= 4 is 23.9 Å². The van der Waals surface area contributed by atoms with E-state index in [0.29, 0.717) is 12.5 Å². The van der Waals surface area contributed by atoms with E-state index in [1.165, 1.54) is 0 Å². The van der Waals surface area contributed by atoms with Crippen LogP contribution in [0.5, 0.6) is 5.75 Å². The zero-order valence-electron chi connectivity index (χ0n) is 12.6. The van der Waals surface area contributed by atoms with E-state index in [-0.39, 0.29) is 5.91 Å². The number of amides is 1. The lowest BCUT2D eigenvalue weighted by atomic mass is 10.1. The summed E-state index contributed by atoms with van der Waals surface area (Å²) in [6.07, 6.45) is 2.27. The summed E-state index contributed by atoms with van der Waals surface area (Å²) in [5, 5.41) is 4.01. The molecule has 23 heavy (non-hydrogen) atoms. The van der Waals surface area contributed by atoms with Crippen molar-refractivity contribution in [3.05, 3.63) is 65.7 Å². The van der Waals surface area contributed by atoms with Crippen molar-refractivity contribution in [2.45, 2.75) is 12.5 Å². The predicted molar refractivity (Wildman–Crippen MR) is 94.1 cm³/mol. The molecule has 0 aliphatic carbocycles. The van der Waals surface area contributed by atoms with Gasteiger partial charge in [0.05, 0.1) is 12.6 Å². The lowest BCUT2D eigenvalue weighted by molar-refractivity contribution is -0.120. The van der Waals surface area contributed by atoms with Crippen LogP contribution in [0, 0.1) is 0 Å². The summed E-state index contributed by atoms with van der Waals surface area (Å²) in [6, 6.07) is 17.3. The Kier molecular flexibility index (Phi) is 5.32. The molecule has 0 atom stereocenters. The first-order chi connectivity index (χ1) is 11.3. The normalized spacial score (nSPS) is 14.4. The molecule has 1 N–H and O–H groups in total. The Labute approximate surface area is 139 Å². The van der Waals surface area contributed by atoms with Gasteiger partial charge in [0.15, 0.2) is 0 Å². The standard InChI is InChI=1S/C18H18N2O2S/c21-18(10-14-5-2-1-3-6-14)20-19-11-15-7-4-8-16(9-15)22-17-12-23-13-17/h1-9,11,17H,10,12-13H2,(H,20,21)/b19-11-. The SMILES string of the molecule is O=C(Cc1ccccc1)N/N=C\c1cccc(OC2CSC2)c1. The van der Waals surface area contributed by atoms with Crippen molar-refractivity contribution in [2.75, 3.05) is 11.5 Å². The summed E-state index contributed by atoms with van der Waals surface area (Å²) in [6.45, 7) is 0. The highest BCUT2D eigenvalue weighted by Gasteiger charge is 2.19. The number of thioether (sulfide) groups is 1. The maximum atomic E-state index is 11.8. The van der Waals surface area contributed by atoms with E-state index in [2.05, 4.69) is 10.5 Å². The van der Waals surface area contributed by atoms with Crippen LogP contribution in [0.3, 0.4) is 0 Å². The molecule has 0 spiro atoms. The van der Waals surface area contributed by atoms with E-state index in [9.17, 15) is 4.79 Å². The molecule has 1 aliphatic rings. The molecule has 2 aromatic carbocycles. The Morgan fingerprint density at radius 2 is 2.04 bits per heavy atom. The van der Waals surface area contributed by atoms with Crippen molar-refractivity contribution < 1.29 is 9.53 Å². The van der Waals surface area contributed by atoms with Crippen molar-refractivity contribution in [3.63, 3.8) is 0 Å². The molecule has 1 heterocycles. The van der Waals surface area contributed by atoms with E-state index < -0.39 is 0 Å². The molecule has 1 saturated heterocycles. The molecule has 4 nitrogen and oxygen atoms in total. The Balaban J connectivity index is 1.51. The molecule has 0 bridgehead atoms. The van der Waals surface area contributed by atoms with Gasteiger partial charge in [-0.25, -0.2) is 5.43 Å². The van der Waals surface area contributed by atoms with Crippen LogP contribution in [0.4, 0.5) is 0 Å². The van der Waals surface area contributed by atoms with E-state index in [4.69, 9.17) is 4.74 Å². The minimum absolute atomic E-state index is 0.133. The third kappa shape index (κ3) is 4.86. The van der Waals surface area contributed by atoms with Gasteiger partial charge in [0, 0.05) is 11.5 Å². The summed E-state index contributed by atoms with van der Waals surface area (Å²) in [4.78, 5) is 11.8. The van der Waals surface area contributed by atoms with Gasteiger partial charge in [-0.2, -0.15) is 16.9 Å². The molecule has 0 unspecified atom stereocenters. The topological polar surface area (TPSA) is 50.7 Å². The fourth-order valence-electron chi connectivity index (χ4n) is 2.14. The van der Waals surface area contributed by atoms with Gasteiger partial charge >= 0.3 is 0 Å². The highest BCUT2D eigenvalue weighted by molar-refractivity contribution is 8.00. The minimum Gasteiger partial charge on any atom is -0.489 e. The third-order valence-corrected chi connectivity index (χ3v) is 4.59. The number of carbonyl (C=O) groups excluding carboxylic acids is 1. The first kappa shape index (κ1) is 15.6. The zero-order chi connectivity index (χ0) is 15.9. The number of hydrogen-bond donors (Lipinski definition) is 1. The largest absolute Gasteiger partial charge is 0.489 e. The smallest absolute Gasteiger partial charge is 0.244 e. The Morgan fingerprint density at radius 1 is 1.22 bits per heavy atom. The highest BCUT2D eigenvalue weighted by Crippen LogP contribution is 2.24. The van der Waals surface area contributed by atoms with Crippen LogP contribution in [0.25, 0.3) is 0 Å². The number of benzene rings is 2. The molecule has 3 rings (SSSR count). The molecule has 118 valence electrons. The van der Waals surface area contributed by atoms with E-state index >= 15 is 0 Å². The van der Waals surface area contributed by atoms with Gasteiger partial charge in [0.2, 0.25) is 5.91 Å². The number of rotatable bonds is 6. The lowest BCUT2D eigenvalue weighted by Gasteiger charge is -2.25. The van der Waals surface area contributed by atoms with Gasteiger partial charge in [-0.15, -0.1) is 0 Å². The average Bonchev–Trinajstić information content (AvgIpc) is 2.52. The monoisotopic (exact) mass is 326 g/mol. The van der Waals surface area contributed by atoms with Crippen molar-refractivity contribution in [3.8, 4) is 5.75 Å². The molecule has 0 radical (unpaired) electrons.